The van der Waals surface area contributed by atoms with Crippen LogP contribution in [-0.4, -0.2) is 30.0 Å². The smallest absolute Gasteiger partial charge is 0.227 e. The lowest BCUT2D eigenvalue weighted by Gasteiger charge is -2.40. The molecule has 4 nitrogen and oxygen atoms in total. The molecule has 0 saturated carbocycles. The van der Waals surface area contributed by atoms with Gasteiger partial charge in [0.1, 0.15) is 6.10 Å². The summed E-state index contributed by atoms with van der Waals surface area (Å²) in [6, 6.07) is 16.0. The molecule has 1 amide bonds. The molecule has 1 aliphatic rings. The zero-order chi connectivity index (χ0) is 19.6. The molecule has 144 valence electrons. The highest BCUT2D eigenvalue weighted by Gasteiger charge is 2.35. The Morgan fingerprint density at radius 1 is 1.19 bits per heavy atom. The summed E-state index contributed by atoms with van der Waals surface area (Å²) in [5, 5.41) is 0. The number of benzene rings is 2. The van der Waals surface area contributed by atoms with Crippen LogP contribution in [0.3, 0.4) is 0 Å². The number of aryl methyl sites for hydroxylation is 2. The van der Waals surface area contributed by atoms with Gasteiger partial charge in [-0.05, 0) is 37.5 Å². The molecule has 0 spiro atoms. The Morgan fingerprint density at radius 2 is 1.89 bits per heavy atom. The number of nitrogens with two attached hydrogens (primary N) is 1. The van der Waals surface area contributed by atoms with Crippen LogP contribution in [-0.2, 0) is 9.53 Å². The number of hydrogen-bond acceptors (Lipinski definition) is 3. The van der Waals surface area contributed by atoms with Crippen molar-refractivity contribution in [1.29, 1.82) is 0 Å². The molecule has 0 aliphatic carbocycles. The van der Waals surface area contributed by atoms with Crippen LogP contribution >= 0.6 is 0 Å². The van der Waals surface area contributed by atoms with E-state index in [1.54, 1.807) is 0 Å². The molecule has 2 N–H and O–H groups in total. The lowest BCUT2D eigenvalue weighted by atomic mass is 9.92. The van der Waals surface area contributed by atoms with Crippen molar-refractivity contribution in [3.8, 4) is 0 Å². The third kappa shape index (κ3) is 4.23. The van der Waals surface area contributed by atoms with Crippen LogP contribution in [0.15, 0.2) is 48.5 Å². The van der Waals surface area contributed by atoms with E-state index in [1.165, 1.54) is 16.7 Å². The van der Waals surface area contributed by atoms with E-state index in [-0.39, 0.29) is 30.0 Å². The molecule has 1 heterocycles. The van der Waals surface area contributed by atoms with E-state index in [0.717, 1.165) is 5.56 Å². The number of nitrogens with zero attached hydrogens (tertiary/aromatic N) is 1. The minimum atomic E-state index is -0.312. The quantitative estimate of drug-likeness (QED) is 0.892. The average Bonchev–Trinajstić information content (AvgIpc) is 2.69. The number of morpholine rings is 1. The molecule has 0 radical (unpaired) electrons. The summed E-state index contributed by atoms with van der Waals surface area (Å²) < 4.78 is 6.09. The normalized spacial score (nSPS) is 22.3. The minimum absolute atomic E-state index is 0.0456. The Labute approximate surface area is 162 Å². The van der Waals surface area contributed by atoms with Crippen LogP contribution in [0.5, 0.6) is 0 Å². The third-order valence-corrected chi connectivity index (χ3v) is 5.61. The van der Waals surface area contributed by atoms with E-state index in [1.807, 2.05) is 49.1 Å². The van der Waals surface area contributed by atoms with Crippen LogP contribution in [0.4, 0.5) is 0 Å². The summed E-state index contributed by atoms with van der Waals surface area (Å²) in [5.74, 6) is -0.190. The second-order valence-corrected chi connectivity index (χ2v) is 7.75. The van der Waals surface area contributed by atoms with Gasteiger partial charge in [-0.25, -0.2) is 0 Å². The van der Waals surface area contributed by atoms with Gasteiger partial charge in [-0.3, -0.25) is 4.79 Å². The fourth-order valence-electron chi connectivity index (χ4n) is 3.74. The molecular formula is C23H30N2O2. The highest BCUT2D eigenvalue weighted by molar-refractivity contribution is 5.80. The van der Waals surface area contributed by atoms with E-state index in [4.69, 9.17) is 10.5 Å². The van der Waals surface area contributed by atoms with Crippen LogP contribution in [0.2, 0.25) is 0 Å². The maximum atomic E-state index is 13.2. The van der Waals surface area contributed by atoms with Gasteiger partial charge in [0, 0.05) is 6.04 Å². The summed E-state index contributed by atoms with van der Waals surface area (Å²) in [6.07, 6.45) is -0.0924. The summed E-state index contributed by atoms with van der Waals surface area (Å²) >= 11 is 0. The van der Waals surface area contributed by atoms with Gasteiger partial charge >= 0.3 is 0 Å². The number of amides is 1. The molecule has 4 heteroatoms. The molecule has 0 bridgehead atoms. The van der Waals surface area contributed by atoms with E-state index in [9.17, 15) is 4.79 Å². The molecular weight excluding hydrogens is 336 g/mol. The van der Waals surface area contributed by atoms with Gasteiger partial charge in [-0.15, -0.1) is 0 Å². The zero-order valence-electron chi connectivity index (χ0n) is 16.7. The van der Waals surface area contributed by atoms with Crippen LogP contribution in [0, 0.1) is 19.8 Å². The molecule has 2 aromatic rings. The van der Waals surface area contributed by atoms with Crippen molar-refractivity contribution < 1.29 is 9.53 Å². The highest BCUT2D eigenvalue weighted by Crippen LogP contribution is 2.30. The molecule has 1 saturated heterocycles. The van der Waals surface area contributed by atoms with E-state index in [0.29, 0.717) is 13.2 Å². The Hall–Kier alpha value is -2.17. The third-order valence-electron chi connectivity index (χ3n) is 5.61. The van der Waals surface area contributed by atoms with Gasteiger partial charge in [0.2, 0.25) is 5.91 Å². The minimum Gasteiger partial charge on any atom is -0.370 e. The van der Waals surface area contributed by atoms with Crippen LogP contribution < -0.4 is 5.73 Å². The molecule has 1 aliphatic heterocycles. The largest absolute Gasteiger partial charge is 0.370 e. The number of rotatable bonds is 4. The van der Waals surface area contributed by atoms with Gasteiger partial charge in [0.05, 0.1) is 25.1 Å². The van der Waals surface area contributed by atoms with E-state index >= 15 is 0 Å². The van der Waals surface area contributed by atoms with Gasteiger partial charge in [-0.2, -0.15) is 0 Å². The van der Waals surface area contributed by atoms with Gasteiger partial charge in [-0.1, -0.05) is 61.0 Å². The van der Waals surface area contributed by atoms with E-state index in [2.05, 4.69) is 32.0 Å². The average molecular weight is 367 g/mol. The SMILES string of the molecule is Cc1ccc(C)c(C2CN(C(=O)C(C)C(N)c3ccccc3)C(C)CO2)c1. The van der Waals surface area contributed by atoms with Crippen LogP contribution in [0.25, 0.3) is 0 Å². The lowest BCUT2D eigenvalue weighted by molar-refractivity contribution is -0.149. The summed E-state index contributed by atoms with van der Waals surface area (Å²) in [7, 11) is 0. The summed E-state index contributed by atoms with van der Waals surface area (Å²) in [5.41, 5.74) is 11.0. The molecule has 27 heavy (non-hydrogen) atoms. The zero-order valence-corrected chi connectivity index (χ0v) is 16.7. The summed E-state index contributed by atoms with van der Waals surface area (Å²) in [4.78, 5) is 15.2. The number of carbonyl (C=O) groups is 1. The predicted octanol–water partition coefficient (Wildman–Crippen LogP) is 3.93. The van der Waals surface area contributed by atoms with Crippen molar-refractivity contribution in [3.05, 3.63) is 70.8 Å². The Balaban J connectivity index is 1.78. The van der Waals surface area contributed by atoms with Crippen molar-refractivity contribution in [2.75, 3.05) is 13.2 Å². The maximum absolute atomic E-state index is 13.2. The van der Waals surface area contributed by atoms with Crippen LogP contribution in [0.1, 0.15) is 48.2 Å². The van der Waals surface area contributed by atoms with E-state index < -0.39 is 0 Å². The molecule has 0 aromatic heterocycles. The van der Waals surface area contributed by atoms with Crippen molar-refractivity contribution in [1.82, 2.24) is 4.90 Å². The molecule has 4 unspecified atom stereocenters. The van der Waals surface area contributed by atoms with Gasteiger partial charge in [0.25, 0.3) is 0 Å². The first-order valence-electron chi connectivity index (χ1n) is 9.68. The second-order valence-electron chi connectivity index (χ2n) is 7.75. The first-order chi connectivity index (χ1) is 12.9. The summed E-state index contributed by atoms with van der Waals surface area (Å²) in [6.45, 7) is 9.24. The van der Waals surface area contributed by atoms with Crippen molar-refractivity contribution in [2.24, 2.45) is 11.7 Å². The molecule has 3 rings (SSSR count). The maximum Gasteiger partial charge on any atom is 0.227 e. The lowest BCUT2D eigenvalue weighted by Crippen LogP contribution is -2.51. The standard InChI is InChI=1S/C23H30N2O2/c1-15-10-11-16(2)20(12-15)21-13-25(17(3)14-27-21)23(26)18(4)22(24)19-8-6-5-7-9-19/h5-12,17-18,21-22H,13-14,24H2,1-4H3. The van der Waals surface area contributed by atoms with Gasteiger partial charge in [0.15, 0.2) is 0 Å². The Morgan fingerprint density at radius 3 is 2.59 bits per heavy atom. The molecule has 4 atom stereocenters. The Bertz CT molecular complexity index is 790. The molecule has 2 aromatic carbocycles. The van der Waals surface area contributed by atoms with Crippen molar-refractivity contribution in [3.63, 3.8) is 0 Å². The highest BCUT2D eigenvalue weighted by atomic mass is 16.5. The number of carbonyl (C=O) groups excluding carboxylic acids is 1. The Kier molecular flexibility index (Phi) is 5.98. The monoisotopic (exact) mass is 366 g/mol. The van der Waals surface area contributed by atoms with Crippen molar-refractivity contribution in [2.45, 2.75) is 45.9 Å². The van der Waals surface area contributed by atoms with Gasteiger partial charge < -0.3 is 15.4 Å². The number of hydrogen-bond donors (Lipinski definition) is 1. The number of ether oxygens (including phenoxy) is 1. The predicted molar refractivity (Wildman–Crippen MR) is 108 cm³/mol. The second kappa shape index (κ2) is 8.24. The van der Waals surface area contributed by atoms with Crippen molar-refractivity contribution >= 4 is 5.91 Å². The fourth-order valence-corrected chi connectivity index (χ4v) is 3.74. The first-order valence-corrected chi connectivity index (χ1v) is 9.68. The first kappa shape index (κ1) is 19.6. The topological polar surface area (TPSA) is 55.6 Å². The fraction of sp³-hybridized carbons (Fsp3) is 0.435. The molecule has 1 fully saturated rings.